The maximum Gasteiger partial charge on any atom is 0.305 e. The normalized spacial score (nSPS) is 12.1. The van der Waals surface area contributed by atoms with Crippen LogP contribution in [0.15, 0.2) is 0 Å². The Morgan fingerprint density at radius 2 is 2.14 bits per heavy atom. The molecule has 0 aromatic carbocycles. The van der Waals surface area contributed by atoms with E-state index in [9.17, 15) is 9.59 Å². The van der Waals surface area contributed by atoms with Gasteiger partial charge in [0.05, 0.1) is 6.42 Å². The van der Waals surface area contributed by atoms with Crippen molar-refractivity contribution in [3.63, 3.8) is 0 Å². The van der Waals surface area contributed by atoms with Gasteiger partial charge in [-0.2, -0.15) is 11.8 Å². The molecule has 0 saturated heterocycles. The zero-order chi connectivity index (χ0) is 11.0. The summed E-state index contributed by atoms with van der Waals surface area (Å²) in [6, 6.07) is -0.283. The third kappa shape index (κ3) is 7.91. The summed E-state index contributed by atoms with van der Waals surface area (Å²) >= 11 is 1.70. The van der Waals surface area contributed by atoms with Crippen LogP contribution in [0.25, 0.3) is 0 Å². The second-order valence-corrected chi connectivity index (χ2v) is 4.15. The molecule has 0 spiro atoms. The van der Waals surface area contributed by atoms with Crippen molar-refractivity contribution in [3.8, 4) is 0 Å². The maximum atomic E-state index is 11.2. The molecule has 1 unspecified atom stereocenters. The second-order valence-electron chi connectivity index (χ2n) is 3.16. The van der Waals surface area contributed by atoms with Gasteiger partial charge in [0.15, 0.2) is 0 Å². The summed E-state index contributed by atoms with van der Waals surface area (Å²) in [5.41, 5.74) is 0. The predicted molar refractivity (Wildman–Crippen MR) is 57.5 cm³/mol. The zero-order valence-corrected chi connectivity index (χ0v) is 9.39. The van der Waals surface area contributed by atoms with E-state index >= 15 is 0 Å². The van der Waals surface area contributed by atoms with Crippen molar-refractivity contribution in [3.05, 3.63) is 0 Å². The van der Waals surface area contributed by atoms with Crippen molar-refractivity contribution in [2.75, 3.05) is 12.0 Å². The van der Waals surface area contributed by atoms with Crippen molar-refractivity contribution in [1.29, 1.82) is 0 Å². The van der Waals surface area contributed by atoms with Crippen LogP contribution in [-0.4, -0.2) is 35.0 Å². The molecule has 0 rings (SSSR count). The van der Waals surface area contributed by atoms with Gasteiger partial charge in [0.1, 0.15) is 0 Å². The van der Waals surface area contributed by atoms with E-state index in [2.05, 4.69) is 5.32 Å². The van der Waals surface area contributed by atoms with Gasteiger partial charge in [-0.3, -0.25) is 9.59 Å². The fraction of sp³-hybridized carbons (Fsp3) is 0.778. The number of carbonyl (C=O) groups is 2. The number of hydrogen-bond donors (Lipinski definition) is 2. The number of carboxylic acid groups (broad SMARTS) is 1. The topological polar surface area (TPSA) is 66.4 Å². The molecule has 0 fully saturated rings. The lowest BCUT2D eigenvalue weighted by Gasteiger charge is -2.10. The summed E-state index contributed by atoms with van der Waals surface area (Å²) in [6.45, 7) is 1.70. The van der Waals surface area contributed by atoms with Gasteiger partial charge in [-0.25, -0.2) is 0 Å². The van der Waals surface area contributed by atoms with Crippen LogP contribution in [0.4, 0.5) is 0 Å². The van der Waals surface area contributed by atoms with E-state index in [-0.39, 0.29) is 18.4 Å². The first-order valence-electron chi connectivity index (χ1n) is 4.56. The van der Waals surface area contributed by atoms with Crippen LogP contribution in [0, 0.1) is 0 Å². The first kappa shape index (κ1) is 13.3. The molecule has 82 valence electrons. The third-order valence-corrected chi connectivity index (χ3v) is 2.34. The molecule has 2 N–H and O–H groups in total. The van der Waals surface area contributed by atoms with Gasteiger partial charge in [0.25, 0.3) is 0 Å². The molecule has 0 aliphatic carbocycles. The molecule has 5 heteroatoms. The minimum absolute atomic E-state index is 0.0196. The van der Waals surface area contributed by atoms with E-state index in [4.69, 9.17) is 5.11 Å². The Kier molecular flexibility index (Phi) is 7.28. The number of hydrogen-bond acceptors (Lipinski definition) is 3. The van der Waals surface area contributed by atoms with Crippen molar-refractivity contribution >= 4 is 23.6 Å². The SMILES string of the molecule is CSCCCC(=O)NC(C)CC(=O)O. The van der Waals surface area contributed by atoms with Crippen LogP contribution in [0.1, 0.15) is 26.2 Å². The monoisotopic (exact) mass is 219 g/mol. The molecule has 0 saturated carbocycles. The highest BCUT2D eigenvalue weighted by atomic mass is 32.2. The minimum Gasteiger partial charge on any atom is -0.481 e. The minimum atomic E-state index is -0.887. The molecular formula is C9H17NO3S. The van der Waals surface area contributed by atoms with Crippen molar-refractivity contribution in [2.24, 2.45) is 0 Å². The zero-order valence-electron chi connectivity index (χ0n) is 8.58. The Morgan fingerprint density at radius 3 is 2.64 bits per heavy atom. The number of amides is 1. The molecule has 0 aliphatic rings. The first-order chi connectivity index (χ1) is 6.56. The van der Waals surface area contributed by atoms with E-state index < -0.39 is 5.97 Å². The maximum absolute atomic E-state index is 11.2. The lowest BCUT2D eigenvalue weighted by Crippen LogP contribution is -2.34. The molecule has 1 amide bonds. The van der Waals surface area contributed by atoms with Crippen molar-refractivity contribution in [1.82, 2.24) is 5.32 Å². The number of thioether (sulfide) groups is 1. The average molecular weight is 219 g/mol. The van der Waals surface area contributed by atoms with Crippen molar-refractivity contribution < 1.29 is 14.7 Å². The van der Waals surface area contributed by atoms with Crippen LogP contribution in [0.2, 0.25) is 0 Å². The Labute approximate surface area is 88.4 Å². The van der Waals surface area contributed by atoms with Gasteiger partial charge >= 0.3 is 5.97 Å². The van der Waals surface area contributed by atoms with E-state index in [1.54, 1.807) is 18.7 Å². The van der Waals surface area contributed by atoms with Crippen LogP contribution < -0.4 is 5.32 Å². The van der Waals surface area contributed by atoms with Gasteiger partial charge in [-0.1, -0.05) is 0 Å². The van der Waals surface area contributed by atoms with Crippen molar-refractivity contribution in [2.45, 2.75) is 32.2 Å². The Hall–Kier alpha value is -0.710. The van der Waals surface area contributed by atoms with Gasteiger partial charge in [0, 0.05) is 12.5 Å². The number of carbonyl (C=O) groups excluding carboxylic acids is 1. The average Bonchev–Trinajstić information content (AvgIpc) is 2.02. The smallest absolute Gasteiger partial charge is 0.305 e. The molecule has 0 bridgehead atoms. The molecule has 14 heavy (non-hydrogen) atoms. The van der Waals surface area contributed by atoms with Crippen LogP contribution >= 0.6 is 11.8 Å². The summed E-state index contributed by atoms with van der Waals surface area (Å²) in [6.07, 6.45) is 3.29. The van der Waals surface area contributed by atoms with E-state index in [1.165, 1.54) is 0 Å². The molecular weight excluding hydrogens is 202 g/mol. The van der Waals surface area contributed by atoms with Gasteiger partial charge in [0.2, 0.25) is 5.91 Å². The number of carboxylic acids is 1. The fourth-order valence-electron chi connectivity index (χ4n) is 1.04. The Balaban J connectivity index is 3.55. The molecule has 0 aromatic heterocycles. The summed E-state index contributed by atoms with van der Waals surface area (Å²) in [5, 5.41) is 11.1. The molecule has 4 nitrogen and oxygen atoms in total. The highest BCUT2D eigenvalue weighted by Gasteiger charge is 2.10. The lowest BCUT2D eigenvalue weighted by atomic mass is 10.2. The highest BCUT2D eigenvalue weighted by Crippen LogP contribution is 2.00. The lowest BCUT2D eigenvalue weighted by molar-refractivity contribution is -0.137. The fourth-order valence-corrected chi connectivity index (χ4v) is 1.47. The van der Waals surface area contributed by atoms with E-state index in [1.807, 2.05) is 6.26 Å². The molecule has 1 atom stereocenters. The van der Waals surface area contributed by atoms with Gasteiger partial charge in [-0.05, 0) is 25.4 Å². The van der Waals surface area contributed by atoms with Gasteiger partial charge in [-0.15, -0.1) is 0 Å². The number of rotatable bonds is 7. The van der Waals surface area contributed by atoms with E-state index in [0.717, 1.165) is 12.2 Å². The second kappa shape index (κ2) is 7.67. The Morgan fingerprint density at radius 1 is 1.50 bits per heavy atom. The largest absolute Gasteiger partial charge is 0.481 e. The first-order valence-corrected chi connectivity index (χ1v) is 5.95. The summed E-state index contributed by atoms with van der Waals surface area (Å²) in [7, 11) is 0. The number of nitrogens with one attached hydrogen (secondary N) is 1. The number of aliphatic carboxylic acids is 1. The standard InChI is InChI=1S/C9H17NO3S/c1-7(6-9(12)13)10-8(11)4-3-5-14-2/h7H,3-6H2,1-2H3,(H,10,11)(H,12,13). The summed E-state index contributed by atoms with van der Waals surface area (Å²) in [4.78, 5) is 21.5. The van der Waals surface area contributed by atoms with Crippen LogP contribution in [0.3, 0.4) is 0 Å². The van der Waals surface area contributed by atoms with Gasteiger partial charge < -0.3 is 10.4 Å². The molecule has 0 aliphatic heterocycles. The van der Waals surface area contributed by atoms with E-state index in [0.29, 0.717) is 6.42 Å². The molecule has 0 aromatic rings. The molecule has 0 radical (unpaired) electrons. The summed E-state index contributed by atoms with van der Waals surface area (Å²) < 4.78 is 0. The predicted octanol–water partition coefficient (Wildman–Crippen LogP) is 1.11. The van der Waals surface area contributed by atoms with Crippen LogP contribution in [-0.2, 0) is 9.59 Å². The highest BCUT2D eigenvalue weighted by molar-refractivity contribution is 7.98. The Bertz CT molecular complexity index is 196. The molecule has 0 heterocycles. The quantitative estimate of drug-likeness (QED) is 0.629. The third-order valence-electron chi connectivity index (χ3n) is 1.64. The summed E-state index contributed by atoms with van der Waals surface area (Å²) in [5.74, 6) is 0.00972. The van der Waals surface area contributed by atoms with Crippen LogP contribution in [0.5, 0.6) is 0 Å².